The van der Waals surface area contributed by atoms with E-state index in [0.717, 1.165) is 22.9 Å². The fourth-order valence-electron chi connectivity index (χ4n) is 3.45. The summed E-state index contributed by atoms with van der Waals surface area (Å²) in [6.45, 7) is 0.817. The monoisotopic (exact) mass is 308 g/mol. The Morgan fingerprint density at radius 3 is 2.89 bits per heavy atom. The fraction of sp³-hybridized carbons (Fsp3) is 0.571. The molecule has 3 nitrogen and oxygen atoms in total. The molecule has 4 heteroatoms. The van der Waals surface area contributed by atoms with Crippen LogP contribution in [0, 0.1) is 17.8 Å². The van der Waals surface area contributed by atoms with Gasteiger partial charge < -0.3 is 5.32 Å². The molecule has 2 aliphatic rings. The second-order valence-corrected chi connectivity index (χ2v) is 6.42. The highest BCUT2D eigenvalue weighted by molar-refractivity contribution is 9.10. The molecule has 0 aromatic carbocycles. The molecule has 3 rings (SSSR count). The Morgan fingerprint density at radius 2 is 2.28 bits per heavy atom. The van der Waals surface area contributed by atoms with Crippen LogP contribution in [0.4, 0.5) is 0 Å². The van der Waals surface area contributed by atoms with E-state index >= 15 is 0 Å². The normalized spacial score (nSPS) is 29.5. The third kappa shape index (κ3) is 2.44. The van der Waals surface area contributed by atoms with Gasteiger partial charge in [0.2, 0.25) is 0 Å². The SMILES string of the molecule is O=C(NCC1CC2CCC1C2)c1ccc(Br)cn1. The van der Waals surface area contributed by atoms with Crippen LogP contribution in [0.25, 0.3) is 0 Å². The molecule has 1 amide bonds. The van der Waals surface area contributed by atoms with Crippen molar-refractivity contribution in [2.45, 2.75) is 25.7 Å². The number of amides is 1. The van der Waals surface area contributed by atoms with Crippen LogP contribution in [0.3, 0.4) is 0 Å². The van der Waals surface area contributed by atoms with Gasteiger partial charge in [-0.3, -0.25) is 4.79 Å². The van der Waals surface area contributed by atoms with Crippen LogP contribution in [-0.2, 0) is 0 Å². The molecule has 2 saturated carbocycles. The summed E-state index contributed by atoms with van der Waals surface area (Å²) in [5.41, 5.74) is 0.501. The van der Waals surface area contributed by atoms with Crippen molar-refractivity contribution in [2.24, 2.45) is 17.8 Å². The summed E-state index contributed by atoms with van der Waals surface area (Å²) in [5.74, 6) is 2.43. The van der Waals surface area contributed by atoms with E-state index in [2.05, 4.69) is 26.2 Å². The molecule has 1 aromatic rings. The lowest BCUT2D eigenvalue weighted by Gasteiger charge is -2.21. The van der Waals surface area contributed by atoms with Gasteiger partial charge in [0.25, 0.3) is 5.91 Å². The van der Waals surface area contributed by atoms with Crippen molar-refractivity contribution < 1.29 is 4.79 Å². The quantitative estimate of drug-likeness (QED) is 0.932. The molecule has 0 radical (unpaired) electrons. The summed E-state index contributed by atoms with van der Waals surface area (Å²) >= 11 is 3.32. The summed E-state index contributed by atoms with van der Waals surface area (Å²) in [5, 5.41) is 3.03. The average Bonchev–Trinajstić information content (AvgIpc) is 2.99. The van der Waals surface area contributed by atoms with Gasteiger partial charge in [-0.15, -0.1) is 0 Å². The first-order valence-electron chi connectivity index (χ1n) is 6.62. The molecule has 96 valence electrons. The zero-order chi connectivity index (χ0) is 12.5. The van der Waals surface area contributed by atoms with Crippen LogP contribution in [0.5, 0.6) is 0 Å². The van der Waals surface area contributed by atoms with Crippen LogP contribution >= 0.6 is 15.9 Å². The molecule has 3 atom stereocenters. The highest BCUT2D eigenvalue weighted by Crippen LogP contribution is 2.47. The number of hydrogen-bond acceptors (Lipinski definition) is 2. The average molecular weight is 309 g/mol. The van der Waals surface area contributed by atoms with Crippen LogP contribution in [0.1, 0.15) is 36.2 Å². The number of halogens is 1. The Hall–Kier alpha value is -0.900. The van der Waals surface area contributed by atoms with Crippen LogP contribution < -0.4 is 5.32 Å². The van der Waals surface area contributed by atoms with Crippen molar-refractivity contribution in [2.75, 3.05) is 6.54 Å². The number of carbonyl (C=O) groups is 1. The third-order valence-corrected chi connectivity index (χ3v) is 4.84. The highest BCUT2D eigenvalue weighted by Gasteiger charge is 2.39. The summed E-state index contributed by atoms with van der Waals surface area (Å²) in [4.78, 5) is 16.0. The molecule has 18 heavy (non-hydrogen) atoms. The van der Waals surface area contributed by atoms with Gasteiger partial charge in [0, 0.05) is 17.2 Å². The van der Waals surface area contributed by atoms with Crippen molar-refractivity contribution in [3.8, 4) is 0 Å². The number of aromatic nitrogens is 1. The van der Waals surface area contributed by atoms with Crippen LogP contribution in [0.2, 0.25) is 0 Å². The third-order valence-electron chi connectivity index (χ3n) is 4.37. The van der Waals surface area contributed by atoms with E-state index in [9.17, 15) is 4.79 Å². The molecule has 2 fully saturated rings. The van der Waals surface area contributed by atoms with Crippen LogP contribution in [-0.4, -0.2) is 17.4 Å². The first kappa shape index (κ1) is 12.2. The van der Waals surface area contributed by atoms with Gasteiger partial charge in [0.05, 0.1) is 0 Å². The van der Waals surface area contributed by atoms with Gasteiger partial charge in [0.1, 0.15) is 5.69 Å². The van der Waals surface area contributed by atoms with Gasteiger partial charge in [-0.1, -0.05) is 6.42 Å². The minimum Gasteiger partial charge on any atom is -0.350 e. The van der Waals surface area contributed by atoms with E-state index in [0.29, 0.717) is 11.6 Å². The highest BCUT2D eigenvalue weighted by atomic mass is 79.9. The van der Waals surface area contributed by atoms with E-state index < -0.39 is 0 Å². The number of rotatable bonds is 3. The Labute approximate surface area is 116 Å². The summed E-state index contributed by atoms with van der Waals surface area (Å²) in [6.07, 6.45) is 7.12. The van der Waals surface area contributed by atoms with Gasteiger partial charge in [0.15, 0.2) is 0 Å². The second kappa shape index (κ2) is 5.00. The minimum atomic E-state index is -0.0507. The molecule has 1 heterocycles. The molecule has 3 unspecified atom stereocenters. The Morgan fingerprint density at radius 1 is 1.39 bits per heavy atom. The fourth-order valence-corrected chi connectivity index (χ4v) is 3.69. The molecule has 0 spiro atoms. The predicted molar refractivity (Wildman–Crippen MR) is 73.2 cm³/mol. The van der Waals surface area contributed by atoms with E-state index in [1.54, 1.807) is 12.3 Å². The zero-order valence-corrected chi connectivity index (χ0v) is 11.8. The molecule has 2 aliphatic carbocycles. The Kier molecular flexibility index (Phi) is 3.37. The lowest BCUT2D eigenvalue weighted by atomic mass is 9.89. The number of fused-ring (bicyclic) bond motifs is 2. The number of hydrogen-bond donors (Lipinski definition) is 1. The van der Waals surface area contributed by atoms with E-state index in [1.165, 1.54) is 25.7 Å². The number of nitrogens with zero attached hydrogens (tertiary/aromatic N) is 1. The largest absolute Gasteiger partial charge is 0.350 e. The smallest absolute Gasteiger partial charge is 0.269 e. The topological polar surface area (TPSA) is 42.0 Å². The Balaban J connectivity index is 1.54. The lowest BCUT2D eigenvalue weighted by molar-refractivity contribution is 0.0937. The summed E-state index contributed by atoms with van der Waals surface area (Å²) in [6, 6.07) is 3.60. The minimum absolute atomic E-state index is 0.0507. The molecule has 0 aliphatic heterocycles. The maximum Gasteiger partial charge on any atom is 0.269 e. The van der Waals surface area contributed by atoms with Crippen molar-refractivity contribution in [1.29, 1.82) is 0 Å². The standard InChI is InChI=1S/C14H17BrN2O/c15-12-3-4-13(16-8-12)14(18)17-7-11-6-9-1-2-10(11)5-9/h3-4,8-11H,1-2,5-7H2,(H,17,18). The molecular formula is C14H17BrN2O. The maximum atomic E-state index is 11.9. The van der Waals surface area contributed by atoms with Crippen molar-refractivity contribution in [1.82, 2.24) is 10.3 Å². The number of carbonyl (C=O) groups excluding carboxylic acids is 1. The Bertz CT molecular complexity index is 446. The van der Waals surface area contributed by atoms with Crippen LogP contribution in [0.15, 0.2) is 22.8 Å². The molecule has 2 bridgehead atoms. The second-order valence-electron chi connectivity index (χ2n) is 5.51. The summed E-state index contributed by atoms with van der Waals surface area (Å²) < 4.78 is 0.896. The van der Waals surface area contributed by atoms with E-state index in [4.69, 9.17) is 0 Å². The van der Waals surface area contributed by atoms with Crippen molar-refractivity contribution in [3.63, 3.8) is 0 Å². The predicted octanol–water partition coefficient (Wildman–Crippen LogP) is 3.01. The van der Waals surface area contributed by atoms with E-state index in [1.807, 2.05) is 6.07 Å². The first-order valence-corrected chi connectivity index (χ1v) is 7.41. The van der Waals surface area contributed by atoms with Gasteiger partial charge in [-0.2, -0.15) is 0 Å². The maximum absolute atomic E-state index is 11.9. The van der Waals surface area contributed by atoms with Gasteiger partial charge >= 0.3 is 0 Å². The zero-order valence-electron chi connectivity index (χ0n) is 10.2. The lowest BCUT2D eigenvalue weighted by Crippen LogP contribution is -2.32. The first-order chi connectivity index (χ1) is 8.72. The van der Waals surface area contributed by atoms with Gasteiger partial charge in [-0.25, -0.2) is 4.98 Å². The summed E-state index contributed by atoms with van der Waals surface area (Å²) in [7, 11) is 0. The van der Waals surface area contributed by atoms with Gasteiger partial charge in [-0.05, 0) is 65.1 Å². The molecule has 1 aromatic heterocycles. The van der Waals surface area contributed by atoms with Crippen molar-refractivity contribution >= 4 is 21.8 Å². The number of pyridine rings is 1. The molecule has 0 saturated heterocycles. The number of nitrogens with one attached hydrogen (secondary N) is 1. The van der Waals surface area contributed by atoms with E-state index in [-0.39, 0.29) is 5.91 Å². The molecular weight excluding hydrogens is 292 g/mol. The van der Waals surface area contributed by atoms with Crippen molar-refractivity contribution in [3.05, 3.63) is 28.5 Å². The molecule has 1 N–H and O–H groups in total.